The first-order valence-corrected chi connectivity index (χ1v) is 8.26. The molecule has 110 valence electrons. The summed E-state index contributed by atoms with van der Waals surface area (Å²) < 4.78 is 0. The van der Waals surface area contributed by atoms with Crippen LogP contribution in [0.3, 0.4) is 0 Å². The van der Waals surface area contributed by atoms with Crippen LogP contribution >= 0.6 is 0 Å². The van der Waals surface area contributed by atoms with Gasteiger partial charge >= 0.3 is 0 Å². The summed E-state index contributed by atoms with van der Waals surface area (Å²) in [6.07, 6.45) is 13.2. The van der Waals surface area contributed by atoms with Crippen molar-refractivity contribution in [2.24, 2.45) is 5.92 Å². The summed E-state index contributed by atoms with van der Waals surface area (Å²) in [5.74, 6) is 0.351. The van der Waals surface area contributed by atoms with Gasteiger partial charge in [0.05, 0.1) is 5.60 Å². The lowest BCUT2D eigenvalue weighted by molar-refractivity contribution is 0.0263. The molecule has 0 heterocycles. The number of hydrogen-bond acceptors (Lipinski definition) is 1. The lowest BCUT2D eigenvalue weighted by Gasteiger charge is -2.39. The van der Waals surface area contributed by atoms with Gasteiger partial charge in [0, 0.05) is 5.92 Å². The number of allylic oxidation sites excluding steroid dienone is 2. The molecule has 0 aliphatic heterocycles. The molecule has 0 saturated heterocycles. The maximum absolute atomic E-state index is 11.0. The van der Waals surface area contributed by atoms with Crippen molar-refractivity contribution in [3.63, 3.8) is 0 Å². The molecule has 0 spiro atoms. The van der Waals surface area contributed by atoms with Crippen LogP contribution in [0.15, 0.2) is 23.3 Å². The summed E-state index contributed by atoms with van der Waals surface area (Å²) in [6, 6.07) is 0. The lowest BCUT2D eigenvalue weighted by atomic mass is 9.70. The van der Waals surface area contributed by atoms with Crippen LogP contribution in [0.5, 0.6) is 0 Å². The van der Waals surface area contributed by atoms with Gasteiger partial charge in [-0.05, 0) is 31.3 Å². The van der Waals surface area contributed by atoms with Gasteiger partial charge in [0.15, 0.2) is 0 Å². The largest absolute Gasteiger partial charge is 0.385 e. The first-order chi connectivity index (χ1) is 9.12. The first-order valence-electron chi connectivity index (χ1n) is 8.26. The lowest BCUT2D eigenvalue weighted by Crippen LogP contribution is -2.39. The minimum Gasteiger partial charge on any atom is -0.385 e. The van der Waals surface area contributed by atoms with Gasteiger partial charge in [0.2, 0.25) is 0 Å². The van der Waals surface area contributed by atoms with E-state index in [9.17, 15) is 5.11 Å². The maximum atomic E-state index is 11.0. The van der Waals surface area contributed by atoms with E-state index >= 15 is 0 Å². The van der Waals surface area contributed by atoms with E-state index in [1.54, 1.807) is 5.57 Å². The quantitative estimate of drug-likeness (QED) is 0.622. The highest BCUT2D eigenvalue weighted by Gasteiger charge is 2.37. The Hall–Kier alpha value is -0.560. The van der Waals surface area contributed by atoms with E-state index in [0.717, 1.165) is 38.5 Å². The second-order valence-corrected chi connectivity index (χ2v) is 5.97. The molecule has 2 unspecified atom stereocenters. The molecule has 0 aromatic heterocycles. The summed E-state index contributed by atoms with van der Waals surface area (Å²) in [5, 5.41) is 11.0. The van der Waals surface area contributed by atoms with Crippen LogP contribution in [0.2, 0.25) is 0 Å². The molecule has 0 aromatic carbocycles. The Labute approximate surface area is 119 Å². The third-order valence-electron chi connectivity index (χ3n) is 4.28. The predicted molar refractivity (Wildman–Crippen MR) is 84.2 cm³/mol. The maximum Gasteiger partial charge on any atom is 0.0895 e. The van der Waals surface area contributed by atoms with Crippen LogP contribution in [0.1, 0.15) is 79.1 Å². The Balaban J connectivity index is 3.09. The second kappa shape index (κ2) is 7.89. The van der Waals surface area contributed by atoms with Gasteiger partial charge in [-0.25, -0.2) is 0 Å². The summed E-state index contributed by atoms with van der Waals surface area (Å²) in [5.41, 5.74) is 2.46. The average molecular weight is 264 g/mol. The highest BCUT2D eigenvalue weighted by molar-refractivity contribution is 5.37. The minimum atomic E-state index is -0.591. The van der Waals surface area contributed by atoms with Crippen LogP contribution in [-0.4, -0.2) is 10.7 Å². The van der Waals surface area contributed by atoms with Gasteiger partial charge in [-0.2, -0.15) is 0 Å². The molecule has 1 aliphatic rings. The molecule has 19 heavy (non-hydrogen) atoms. The molecule has 1 heteroatoms. The topological polar surface area (TPSA) is 20.2 Å². The van der Waals surface area contributed by atoms with E-state index in [1.807, 2.05) is 0 Å². The SMILES string of the molecule is CCCC1=C(CCC)C(CCC)C(O)(CCC)C=C1. The van der Waals surface area contributed by atoms with Crippen molar-refractivity contribution in [2.45, 2.75) is 84.7 Å². The van der Waals surface area contributed by atoms with Crippen molar-refractivity contribution in [3.8, 4) is 0 Å². The Morgan fingerprint density at radius 3 is 2.21 bits per heavy atom. The van der Waals surface area contributed by atoms with Crippen molar-refractivity contribution in [3.05, 3.63) is 23.3 Å². The Morgan fingerprint density at radius 1 is 1.00 bits per heavy atom. The summed E-state index contributed by atoms with van der Waals surface area (Å²) in [6.45, 7) is 8.89. The van der Waals surface area contributed by atoms with Crippen LogP contribution in [0.4, 0.5) is 0 Å². The van der Waals surface area contributed by atoms with Gasteiger partial charge in [-0.1, -0.05) is 71.1 Å². The monoisotopic (exact) mass is 264 g/mol. The molecule has 1 nitrogen and oxygen atoms in total. The minimum absolute atomic E-state index is 0.351. The van der Waals surface area contributed by atoms with Crippen LogP contribution < -0.4 is 0 Å². The fourth-order valence-electron chi connectivity index (χ4n) is 3.48. The van der Waals surface area contributed by atoms with Crippen molar-refractivity contribution in [1.82, 2.24) is 0 Å². The second-order valence-electron chi connectivity index (χ2n) is 5.97. The summed E-state index contributed by atoms with van der Waals surface area (Å²) in [7, 11) is 0. The fraction of sp³-hybridized carbons (Fsp3) is 0.778. The van der Waals surface area contributed by atoms with Crippen molar-refractivity contribution in [2.75, 3.05) is 0 Å². The molecule has 0 radical (unpaired) electrons. The molecule has 0 fully saturated rings. The van der Waals surface area contributed by atoms with Gasteiger partial charge < -0.3 is 5.11 Å². The van der Waals surface area contributed by atoms with E-state index < -0.39 is 5.60 Å². The van der Waals surface area contributed by atoms with E-state index in [2.05, 4.69) is 39.8 Å². The van der Waals surface area contributed by atoms with E-state index in [0.29, 0.717) is 5.92 Å². The molecule has 1 aliphatic carbocycles. The van der Waals surface area contributed by atoms with Crippen molar-refractivity contribution >= 4 is 0 Å². The molecular formula is C18H32O. The highest BCUT2D eigenvalue weighted by atomic mass is 16.3. The normalized spacial score (nSPS) is 27.1. The third kappa shape index (κ3) is 3.95. The smallest absolute Gasteiger partial charge is 0.0895 e. The van der Waals surface area contributed by atoms with Crippen LogP contribution in [0, 0.1) is 5.92 Å². The molecule has 2 atom stereocenters. The average Bonchev–Trinajstić information content (AvgIpc) is 2.38. The predicted octanol–water partition coefficient (Wildman–Crippen LogP) is 5.40. The summed E-state index contributed by atoms with van der Waals surface area (Å²) in [4.78, 5) is 0. The van der Waals surface area contributed by atoms with E-state index in [-0.39, 0.29) is 0 Å². The highest BCUT2D eigenvalue weighted by Crippen LogP contribution is 2.42. The fourth-order valence-corrected chi connectivity index (χ4v) is 3.48. The van der Waals surface area contributed by atoms with E-state index in [1.165, 1.54) is 18.4 Å². The molecule has 0 saturated carbocycles. The molecule has 0 aromatic rings. The molecule has 0 bridgehead atoms. The first kappa shape index (κ1) is 16.5. The Kier molecular flexibility index (Phi) is 6.85. The van der Waals surface area contributed by atoms with Gasteiger partial charge in [-0.3, -0.25) is 0 Å². The van der Waals surface area contributed by atoms with Crippen LogP contribution in [-0.2, 0) is 0 Å². The zero-order valence-corrected chi connectivity index (χ0v) is 13.3. The standard InChI is InChI=1S/C18H32O/c1-5-9-15-12-14-18(19,13-8-4)17(11-7-3)16(15)10-6-2/h12,14,17,19H,5-11,13H2,1-4H3. The zero-order chi connectivity index (χ0) is 14.3. The third-order valence-corrected chi connectivity index (χ3v) is 4.28. The van der Waals surface area contributed by atoms with Gasteiger partial charge in [0.1, 0.15) is 0 Å². The van der Waals surface area contributed by atoms with Crippen LogP contribution in [0.25, 0.3) is 0 Å². The van der Waals surface area contributed by atoms with Gasteiger partial charge in [0.25, 0.3) is 0 Å². The number of hydrogen-bond donors (Lipinski definition) is 1. The van der Waals surface area contributed by atoms with Gasteiger partial charge in [-0.15, -0.1) is 0 Å². The Morgan fingerprint density at radius 2 is 1.68 bits per heavy atom. The molecule has 1 rings (SSSR count). The number of rotatable bonds is 8. The zero-order valence-electron chi connectivity index (χ0n) is 13.3. The molecule has 1 N–H and O–H groups in total. The van der Waals surface area contributed by atoms with Crippen molar-refractivity contribution in [1.29, 1.82) is 0 Å². The Bertz CT molecular complexity index is 327. The van der Waals surface area contributed by atoms with E-state index in [4.69, 9.17) is 0 Å². The summed E-state index contributed by atoms with van der Waals surface area (Å²) >= 11 is 0. The molecular weight excluding hydrogens is 232 g/mol. The number of aliphatic hydroxyl groups is 1. The van der Waals surface area contributed by atoms with Crippen molar-refractivity contribution < 1.29 is 5.11 Å². The molecule has 0 amide bonds.